The molecule has 2 aromatic heterocycles. The van der Waals surface area contributed by atoms with Gasteiger partial charge in [0, 0.05) is 20.0 Å². The van der Waals surface area contributed by atoms with Crippen LogP contribution in [0.1, 0.15) is 19.4 Å². The lowest BCUT2D eigenvalue weighted by atomic mass is 9.94. The molecule has 0 fully saturated rings. The van der Waals surface area contributed by atoms with E-state index >= 15 is 0 Å². The van der Waals surface area contributed by atoms with Gasteiger partial charge in [-0.05, 0) is 6.42 Å². The van der Waals surface area contributed by atoms with Crippen molar-refractivity contribution in [3.05, 3.63) is 17.3 Å². The molecule has 1 aliphatic rings. The first-order valence-corrected chi connectivity index (χ1v) is 9.30. The van der Waals surface area contributed by atoms with Crippen molar-refractivity contribution in [3.63, 3.8) is 0 Å². The molecule has 8 nitrogen and oxygen atoms in total. The lowest BCUT2D eigenvalue weighted by Gasteiger charge is -2.35. The molecule has 0 aliphatic heterocycles. The van der Waals surface area contributed by atoms with Crippen LogP contribution in [0.25, 0.3) is 11.2 Å². The van der Waals surface area contributed by atoms with Crippen LogP contribution in [0.4, 0.5) is 0 Å². The number of rotatable bonds is 6. The third kappa shape index (κ3) is 3.52. The van der Waals surface area contributed by atoms with Crippen molar-refractivity contribution in [1.82, 2.24) is 25.0 Å². The number of ether oxygens (including phenoxy) is 2. The Morgan fingerprint density at radius 1 is 1.24 bits per heavy atom. The van der Waals surface area contributed by atoms with Gasteiger partial charge in [0.2, 0.25) is 0 Å². The molecule has 0 saturated carbocycles. The Hall–Kier alpha value is -1.26. The standard InChI is InChI=1S/C15H20ClN5O3S/c1-4-7-25-15-17-13(16)10-14(18-15)21(20-19-10)8-5-6-9(22)12(24-3)11(8)23-2/h5-6,8-9,11-12,22H,4,7H2,1-3H3/t8-,9+,11+,12-/m1/s1. The van der Waals surface area contributed by atoms with E-state index in [1.54, 1.807) is 17.9 Å². The van der Waals surface area contributed by atoms with E-state index in [0.717, 1.165) is 12.2 Å². The number of nitrogens with zero attached hydrogens (tertiary/aromatic N) is 5. The van der Waals surface area contributed by atoms with E-state index in [2.05, 4.69) is 27.2 Å². The highest BCUT2D eigenvalue weighted by Crippen LogP contribution is 2.31. The van der Waals surface area contributed by atoms with Crippen LogP contribution in [0.15, 0.2) is 17.3 Å². The Morgan fingerprint density at radius 2 is 2.00 bits per heavy atom. The fraction of sp³-hybridized carbons (Fsp3) is 0.600. The van der Waals surface area contributed by atoms with Gasteiger partial charge in [0.25, 0.3) is 0 Å². The predicted octanol–water partition coefficient (Wildman–Crippen LogP) is 1.88. The van der Waals surface area contributed by atoms with Gasteiger partial charge in [-0.1, -0.05) is 47.7 Å². The molecular weight excluding hydrogens is 366 g/mol. The number of fused-ring (bicyclic) bond motifs is 1. The van der Waals surface area contributed by atoms with Gasteiger partial charge in [-0.2, -0.15) is 0 Å². The van der Waals surface area contributed by atoms with Crippen molar-refractivity contribution in [2.75, 3.05) is 20.0 Å². The fourth-order valence-electron chi connectivity index (χ4n) is 2.84. The molecule has 2 heterocycles. The quantitative estimate of drug-likeness (QED) is 0.348. The highest BCUT2D eigenvalue weighted by atomic mass is 35.5. The van der Waals surface area contributed by atoms with Gasteiger partial charge >= 0.3 is 0 Å². The normalized spacial score (nSPS) is 26.4. The summed E-state index contributed by atoms with van der Waals surface area (Å²) in [7, 11) is 3.10. The minimum Gasteiger partial charge on any atom is -0.386 e. The van der Waals surface area contributed by atoms with Gasteiger partial charge in [-0.15, -0.1) is 5.10 Å². The van der Waals surface area contributed by atoms with E-state index in [-0.39, 0.29) is 11.2 Å². The molecule has 3 rings (SSSR count). The summed E-state index contributed by atoms with van der Waals surface area (Å²) in [6.45, 7) is 2.09. The van der Waals surface area contributed by atoms with E-state index in [1.165, 1.54) is 18.9 Å². The van der Waals surface area contributed by atoms with Crippen molar-refractivity contribution >= 4 is 34.5 Å². The van der Waals surface area contributed by atoms with Crippen LogP contribution in [-0.4, -0.2) is 68.4 Å². The minimum absolute atomic E-state index is 0.270. The molecule has 0 radical (unpaired) electrons. The highest BCUT2D eigenvalue weighted by molar-refractivity contribution is 7.99. The smallest absolute Gasteiger partial charge is 0.191 e. The average Bonchev–Trinajstić information content (AvgIpc) is 3.03. The Morgan fingerprint density at radius 3 is 2.68 bits per heavy atom. The SMILES string of the molecule is CCCSc1nc(Cl)c2nnn([C@@H]3C=C[C@H](O)[C@@H](OC)[C@H]3OC)c2n1. The van der Waals surface area contributed by atoms with E-state index in [4.69, 9.17) is 21.1 Å². The van der Waals surface area contributed by atoms with E-state index in [9.17, 15) is 5.11 Å². The van der Waals surface area contributed by atoms with Gasteiger partial charge in [0.15, 0.2) is 21.5 Å². The largest absolute Gasteiger partial charge is 0.386 e. The van der Waals surface area contributed by atoms with Gasteiger partial charge < -0.3 is 14.6 Å². The summed E-state index contributed by atoms with van der Waals surface area (Å²) in [5.74, 6) is 0.894. The summed E-state index contributed by atoms with van der Waals surface area (Å²) in [4.78, 5) is 8.83. The molecule has 10 heteroatoms. The summed E-state index contributed by atoms with van der Waals surface area (Å²) in [6, 6.07) is -0.335. The van der Waals surface area contributed by atoms with Crippen LogP contribution in [0.5, 0.6) is 0 Å². The molecule has 136 valence electrons. The van der Waals surface area contributed by atoms with E-state index < -0.39 is 18.3 Å². The maximum absolute atomic E-state index is 10.1. The van der Waals surface area contributed by atoms with Crippen molar-refractivity contribution in [2.45, 2.75) is 42.9 Å². The number of hydrogen-bond donors (Lipinski definition) is 1. The number of aromatic nitrogens is 5. The summed E-state index contributed by atoms with van der Waals surface area (Å²) in [5, 5.41) is 19.3. The molecule has 1 aliphatic carbocycles. The second kappa shape index (κ2) is 7.96. The molecule has 2 aromatic rings. The zero-order valence-corrected chi connectivity index (χ0v) is 15.7. The molecule has 0 amide bonds. The highest BCUT2D eigenvalue weighted by Gasteiger charge is 2.38. The van der Waals surface area contributed by atoms with Gasteiger partial charge in [-0.3, -0.25) is 0 Å². The van der Waals surface area contributed by atoms with Crippen LogP contribution in [-0.2, 0) is 9.47 Å². The number of aliphatic hydroxyl groups is 1. The molecule has 0 unspecified atom stereocenters. The molecule has 1 N–H and O–H groups in total. The molecule has 0 spiro atoms. The second-order valence-electron chi connectivity index (χ2n) is 5.62. The number of aliphatic hydroxyl groups excluding tert-OH is 1. The molecule has 0 aromatic carbocycles. The van der Waals surface area contributed by atoms with Gasteiger partial charge in [-0.25, -0.2) is 14.6 Å². The number of halogens is 1. The minimum atomic E-state index is -0.755. The zero-order valence-electron chi connectivity index (χ0n) is 14.2. The Bertz CT molecular complexity index is 771. The maximum atomic E-state index is 10.1. The predicted molar refractivity (Wildman–Crippen MR) is 94.9 cm³/mol. The zero-order chi connectivity index (χ0) is 18.0. The van der Waals surface area contributed by atoms with Crippen molar-refractivity contribution in [2.24, 2.45) is 0 Å². The fourth-order valence-corrected chi connectivity index (χ4v) is 3.79. The Labute approximate surface area is 154 Å². The molecular formula is C15H20ClN5O3S. The van der Waals surface area contributed by atoms with Crippen LogP contribution in [0.2, 0.25) is 5.15 Å². The van der Waals surface area contributed by atoms with Gasteiger partial charge in [0.1, 0.15) is 24.4 Å². The van der Waals surface area contributed by atoms with Crippen LogP contribution in [0, 0.1) is 0 Å². The lowest BCUT2D eigenvalue weighted by Crippen LogP contribution is -2.47. The van der Waals surface area contributed by atoms with Crippen LogP contribution in [0.3, 0.4) is 0 Å². The van der Waals surface area contributed by atoms with Crippen molar-refractivity contribution in [3.8, 4) is 0 Å². The topological polar surface area (TPSA) is 95.2 Å². The van der Waals surface area contributed by atoms with E-state index in [0.29, 0.717) is 16.3 Å². The molecule has 0 saturated heterocycles. The molecule has 0 bridgehead atoms. The van der Waals surface area contributed by atoms with Crippen LogP contribution >= 0.6 is 23.4 Å². The lowest BCUT2D eigenvalue weighted by molar-refractivity contribution is -0.101. The first-order chi connectivity index (χ1) is 12.1. The summed E-state index contributed by atoms with van der Waals surface area (Å²) in [5.41, 5.74) is 0.965. The average molecular weight is 386 g/mol. The third-order valence-corrected chi connectivity index (χ3v) is 5.34. The monoisotopic (exact) mass is 385 g/mol. The summed E-state index contributed by atoms with van der Waals surface area (Å²) < 4.78 is 12.6. The molecule has 25 heavy (non-hydrogen) atoms. The van der Waals surface area contributed by atoms with Crippen molar-refractivity contribution in [1.29, 1.82) is 0 Å². The number of hydrogen-bond acceptors (Lipinski definition) is 8. The third-order valence-electron chi connectivity index (χ3n) is 4.03. The van der Waals surface area contributed by atoms with Crippen LogP contribution < -0.4 is 0 Å². The number of methoxy groups -OCH3 is 2. The van der Waals surface area contributed by atoms with Crippen molar-refractivity contribution < 1.29 is 14.6 Å². The first-order valence-electron chi connectivity index (χ1n) is 7.93. The van der Waals surface area contributed by atoms with E-state index in [1.807, 2.05) is 6.08 Å². The van der Waals surface area contributed by atoms with Gasteiger partial charge in [0.05, 0.1) is 0 Å². The Kier molecular flexibility index (Phi) is 5.90. The second-order valence-corrected chi connectivity index (χ2v) is 7.04. The molecule has 4 atom stereocenters. The Balaban J connectivity index is 2.05. The number of thioether (sulfide) groups is 1. The maximum Gasteiger partial charge on any atom is 0.191 e. The first kappa shape index (κ1) is 18.5. The summed E-state index contributed by atoms with van der Waals surface area (Å²) >= 11 is 7.78. The summed E-state index contributed by atoms with van der Waals surface area (Å²) in [6.07, 6.45) is 2.76.